The Bertz CT molecular complexity index is 977. The molecule has 3 aromatic rings. The summed E-state index contributed by atoms with van der Waals surface area (Å²) in [6.45, 7) is 3.67. The van der Waals surface area contributed by atoms with Gasteiger partial charge in [0.25, 0.3) is 10.0 Å². The average molecular weight is 374 g/mol. The van der Waals surface area contributed by atoms with Gasteiger partial charge < -0.3 is 9.88 Å². The van der Waals surface area contributed by atoms with Crippen LogP contribution >= 0.6 is 0 Å². The van der Waals surface area contributed by atoms with E-state index in [0.29, 0.717) is 37.8 Å². The van der Waals surface area contributed by atoms with Crippen LogP contribution in [-0.2, 0) is 10.0 Å². The van der Waals surface area contributed by atoms with Gasteiger partial charge in [0.05, 0.1) is 12.5 Å². The summed E-state index contributed by atoms with van der Waals surface area (Å²) in [6.07, 6.45) is 6.20. The molecule has 1 fully saturated rings. The van der Waals surface area contributed by atoms with Crippen molar-refractivity contribution in [1.29, 1.82) is 0 Å². The van der Waals surface area contributed by atoms with Gasteiger partial charge in [-0.25, -0.2) is 28.1 Å². The van der Waals surface area contributed by atoms with Crippen LogP contribution in [-0.4, -0.2) is 68.6 Å². The number of aromatic amines is 1. The smallest absolute Gasteiger partial charge is 0.260 e. The minimum absolute atomic E-state index is 0.116. The summed E-state index contributed by atoms with van der Waals surface area (Å²) in [4.78, 5) is 17.4. The van der Waals surface area contributed by atoms with E-state index in [0.717, 1.165) is 5.82 Å². The number of hydrogen-bond donors (Lipinski definition) is 1. The van der Waals surface area contributed by atoms with Crippen LogP contribution in [0.1, 0.15) is 5.82 Å². The molecule has 0 unspecified atom stereocenters. The Morgan fingerprint density at radius 1 is 1.12 bits per heavy atom. The van der Waals surface area contributed by atoms with E-state index in [1.54, 1.807) is 10.9 Å². The van der Waals surface area contributed by atoms with Gasteiger partial charge in [-0.1, -0.05) is 0 Å². The highest BCUT2D eigenvalue weighted by Crippen LogP contribution is 2.20. The lowest BCUT2D eigenvalue weighted by atomic mass is 10.3. The monoisotopic (exact) mass is 374 g/mol. The lowest BCUT2D eigenvalue weighted by molar-refractivity contribution is 0.382. The highest BCUT2D eigenvalue weighted by atomic mass is 32.2. The molecule has 0 saturated carbocycles. The van der Waals surface area contributed by atoms with Gasteiger partial charge >= 0.3 is 0 Å². The third-order valence-electron chi connectivity index (χ3n) is 4.20. The van der Waals surface area contributed by atoms with Gasteiger partial charge in [-0.15, -0.1) is 0 Å². The van der Waals surface area contributed by atoms with Crippen LogP contribution in [0.3, 0.4) is 0 Å². The largest absolute Gasteiger partial charge is 0.354 e. The minimum Gasteiger partial charge on any atom is -0.354 e. The maximum atomic E-state index is 12.6. The van der Waals surface area contributed by atoms with E-state index >= 15 is 0 Å². The normalized spacial score (nSPS) is 16.1. The van der Waals surface area contributed by atoms with Crippen molar-refractivity contribution >= 4 is 15.8 Å². The molecule has 0 radical (unpaired) electrons. The summed E-state index contributed by atoms with van der Waals surface area (Å²) < 4.78 is 28.2. The molecule has 1 aliphatic rings. The highest BCUT2D eigenvalue weighted by molar-refractivity contribution is 7.89. The van der Waals surface area contributed by atoms with Crippen molar-refractivity contribution < 1.29 is 8.42 Å². The second kappa shape index (κ2) is 6.50. The Morgan fingerprint density at radius 2 is 1.88 bits per heavy atom. The van der Waals surface area contributed by atoms with Crippen LogP contribution in [0.2, 0.25) is 0 Å². The van der Waals surface area contributed by atoms with Crippen LogP contribution in [0, 0.1) is 6.92 Å². The third-order valence-corrected chi connectivity index (χ3v) is 6.03. The van der Waals surface area contributed by atoms with Crippen LogP contribution in [0.15, 0.2) is 42.1 Å². The van der Waals surface area contributed by atoms with Gasteiger partial charge in [-0.2, -0.15) is 9.40 Å². The molecule has 4 rings (SSSR count). The molecule has 0 aromatic carbocycles. The first-order valence-electron chi connectivity index (χ1n) is 8.13. The Kier molecular flexibility index (Phi) is 4.17. The van der Waals surface area contributed by atoms with Crippen LogP contribution in [0.5, 0.6) is 0 Å². The molecule has 1 saturated heterocycles. The van der Waals surface area contributed by atoms with E-state index in [-0.39, 0.29) is 5.03 Å². The number of aryl methyl sites for hydroxylation is 1. The molecule has 26 heavy (non-hydrogen) atoms. The van der Waals surface area contributed by atoms with Crippen LogP contribution in [0.4, 0.5) is 5.82 Å². The zero-order valence-electron chi connectivity index (χ0n) is 14.1. The van der Waals surface area contributed by atoms with E-state index in [9.17, 15) is 8.42 Å². The number of anilines is 1. The molecule has 0 atom stereocenters. The summed E-state index contributed by atoms with van der Waals surface area (Å²) in [6, 6.07) is 3.69. The minimum atomic E-state index is -3.53. The summed E-state index contributed by atoms with van der Waals surface area (Å²) in [5.74, 6) is 2.09. The van der Waals surface area contributed by atoms with Crippen molar-refractivity contribution in [1.82, 2.24) is 34.0 Å². The molecule has 0 amide bonds. The fraction of sp³-hybridized carbons (Fsp3) is 0.333. The lowest BCUT2D eigenvalue weighted by Gasteiger charge is -2.34. The fourth-order valence-electron chi connectivity index (χ4n) is 2.90. The van der Waals surface area contributed by atoms with Crippen molar-refractivity contribution in [2.75, 3.05) is 31.1 Å². The Balaban J connectivity index is 1.52. The van der Waals surface area contributed by atoms with Crippen LogP contribution in [0.25, 0.3) is 5.82 Å². The number of sulfonamides is 1. The molecule has 4 heterocycles. The first-order chi connectivity index (χ1) is 12.5. The molecule has 1 aliphatic heterocycles. The summed E-state index contributed by atoms with van der Waals surface area (Å²) in [5, 5.41) is 4.31. The quantitative estimate of drug-likeness (QED) is 0.694. The summed E-state index contributed by atoms with van der Waals surface area (Å²) in [7, 11) is -3.53. The van der Waals surface area contributed by atoms with Crippen LogP contribution < -0.4 is 4.90 Å². The number of aromatic nitrogens is 6. The van der Waals surface area contributed by atoms with Gasteiger partial charge in [0.2, 0.25) is 0 Å². The number of H-pyrrole nitrogens is 1. The SMILES string of the molecule is Cc1nc(N2CCN(S(=O)(=O)c3cnc[nH]3)CC2)cc(-n2cccn2)n1. The van der Waals surface area contributed by atoms with E-state index in [1.807, 2.05) is 25.3 Å². The molecule has 0 aliphatic carbocycles. The molecular weight excluding hydrogens is 356 g/mol. The van der Waals surface area contributed by atoms with E-state index < -0.39 is 10.0 Å². The second-order valence-electron chi connectivity index (χ2n) is 5.89. The second-order valence-corrected chi connectivity index (χ2v) is 7.80. The molecule has 0 bridgehead atoms. The summed E-state index contributed by atoms with van der Waals surface area (Å²) >= 11 is 0. The van der Waals surface area contributed by atoms with Gasteiger partial charge in [0.1, 0.15) is 11.6 Å². The number of rotatable bonds is 4. The summed E-state index contributed by atoms with van der Waals surface area (Å²) in [5.41, 5.74) is 0. The van der Waals surface area contributed by atoms with Crippen molar-refractivity contribution in [3.63, 3.8) is 0 Å². The van der Waals surface area contributed by atoms with E-state index in [1.165, 1.54) is 16.8 Å². The van der Waals surface area contributed by atoms with Crippen molar-refractivity contribution in [3.05, 3.63) is 42.9 Å². The lowest BCUT2D eigenvalue weighted by Crippen LogP contribution is -2.49. The Hall–Kier alpha value is -2.79. The first kappa shape index (κ1) is 16.7. The number of nitrogens with zero attached hydrogens (tertiary/aromatic N) is 7. The van der Waals surface area contributed by atoms with Gasteiger partial charge in [-0.05, 0) is 13.0 Å². The fourth-order valence-corrected chi connectivity index (χ4v) is 4.22. The van der Waals surface area contributed by atoms with Gasteiger partial charge in [-0.3, -0.25) is 0 Å². The van der Waals surface area contributed by atoms with Gasteiger partial charge in [0.15, 0.2) is 10.8 Å². The van der Waals surface area contributed by atoms with Gasteiger partial charge in [0, 0.05) is 44.6 Å². The van der Waals surface area contributed by atoms with E-state index in [4.69, 9.17) is 0 Å². The standard InChI is InChI=1S/C15H18N8O2S/c1-12-19-13(9-14(20-12)23-4-2-3-18-23)21-5-7-22(8-6-21)26(24,25)15-10-16-11-17-15/h2-4,9-11H,5-8H2,1H3,(H,16,17). The number of nitrogens with one attached hydrogen (secondary N) is 1. The zero-order chi connectivity index (χ0) is 18.1. The molecule has 10 nitrogen and oxygen atoms in total. The van der Waals surface area contributed by atoms with Crippen molar-refractivity contribution in [2.24, 2.45) is 0 Å². The zero-order valence-corrected chi connectivity index (χ0v) is 15.0. The van der Waals surface area contributed by atoms with Crippen molar-refractivity contribution in [2.45, 2.75) is 11.9 Å². The Labute approximate surface area is 150 Å². The Morgan fingerprint density at radius 3 is 2.54 bits per heavy atom. The topological polar surface area (TPSA) is 113 Å². The molecular formula is C15H18N8O2S. The highest BCUT2D eigenvalue weighted by Gasteiger charge is 2.30. The third kappa shape index (κ3) is 3.06. The first-order valence-corrected chi connectivity index (χ1v) is 9.57. The predicted octanol–water partition coefficient (Wildman–Crippen LogP) is 0.205. The number of piperazine rings is 1. The molecule has 1 N–H and O–H groups in total. The van der Waals surface area contributed by atoms with Crippen molar-refractivity contribution in [3.8, 4) is 5.82 Å². The average Bonchev–Trinajstić information content (AvgIpc) is 3.35. The van der Waals surface area contributed by atoms with E-state index in [2.05, 4.69) is 29.9 Å². The number of imidazole rings is 1. The predicted molar refractivity (Wildman–Crippen MR) is 93.5 cm³/mol. The molecule has 3 aromatic heterocycles. The molecule has 11 heteroatoms. The molecule has 136 valence electrons. The number of hydrogen-bond acceptors (Lipinski definition) is 7. The maximum absolute atomic E-state index is 12.6. The molecule has 0 spiro atoms. The maximum Gasteiger partial charge on any atom is 0.260 e.